The van der Waals surface area contributed by atoms with E-state index in [0.29, 0.717) is 23.9 Å². The predicted octanol–water partition coefficient (Wildman–Crippen LogP) is 5.10. The number of carbonyl (C=O) groups is 1. The van der Waals surface area contributed by atoms with Crippen molar-refractivity contribution in [1.82, 2.24) is 15.2 Å². The van der Waals surface area contributed by atoms with E-state index in [-0.39, 0.29) is 30.7 Å². The lowest BCUT2D eigenvalue weighted by Crippen LogP contribution is -2.28. The number of nitrogens with one attached hydrogen (secondary N) is 1. The van der Waals surface area contributed by atoms with Crippen LogP contribution in [0, 0.1) is 17.6 Å². The van der Waals surface area contributed by atoms with Crippen LogP contribution in [0.25, 0.3) is 0 Å². The lowest BCUT2D eigenvalue weighted by molar-refractivity contribution is 0.0944. The fourth-order valence-corrected chi connectivity index (χ4v) is 3.19. The smallest absolute Gasteiger partial charge is 0.273 e. The summed E-state index contributed by atoms with van der Waals surface area (Å²) in [6.07, 6.45) is 1.33. The van der Waals surface area contributed by atoms with E-state index in [4.69, 9.17) is 4.42 Å². The average Bonchev–Trinajstić information content (AvgIpc) is 3.22. The van der Waals surface area contributed by atoms with Crippen LogP contribution in [0.1, 0.15) is 54.3 Å². The number of nitrogens with zero attached hydrogens (tertiary/aromatic N) is 2. The normalized spacial score (nSPS) is 12.4. The summed E-state index contributed by atoms with van der Waals surface area (Å²) in [6, 6.07) is 13.2. The quantitative estimate of drug-likeness (QED) is 0.516. The van der Waals surface area contributed by atoms with E-state index in [1.165, 1.54) is 18.4 Å². The van der Waals surface area contributed by atoms with Gasteiger partial charge < -0.3 is 9.73 Å². The molecule has 164 valence electrons. The van der Waals surface area contributed by atoms with Crippen molar-refractivity contribution in [3.63, 3.8) is 0 Å². The van der Waals surface area contributed by atoms with E-state index in [0.717, 1.165) is 11.6 Å². The van der Waals surface area contributed by atoms with Gasteiger partial charge in [0.05, 0.1) is 6.54 Å². The van der Waals surface area contributed by atoms with Gasteiger partial charge in [0.15, 0.2) is 5.69 Å². The molecular weight excluding hydrogens is 400 g/mol. The summed E-state index contributed by atoms with van der Waals surface area (Å²) < 4.78 is 33.2. The van der Waals surface area contributed by atoms with Crippen LogP contribution in [0.5, 0.6) is 0 Å². The molecular formula is C24H27F2N3O2. The third kappa shape index (κ3) is 6.21. The van der Waals surface area contributed by atoms with Crippen molar-refractivity contribution >= 4 is 5.91 Å². The maximum Gasteiger partial charge on any atom is 0.273 e. The highest BCUT2D eigenvalue weighted by molar-refractivity contribution is 5.91. The molecule has 0 aliphatic heterocycles. The molecule has 3 rings (SSSR count). The van der Waals surface area contributed by atoms with E-state index in [1.807, 2.05) is 56.0 Å². The van der Waals surface area contributed by atoms with Crippen molar-refractivity contribution in [3.05, 3.63) is 89.1 Å². The Labute approximate surface area is 181 Å². The molecule has 1 aromatic heterocycles. The van der Waals surface area contributed by atoms with Gasteiger partial charge in [-0.05, 0) is 24.5 Å². The van der Waals surface area contributed by atoms with Crippen molar-refractivity contribution in [2.45, 2.75) is 39.9 Å². The molecule has 0 radical (unpaired) electrons. The summed E-state index contributed by atoms with van der Waals surface area (Å²) in [7, 11) is 0. The van der Waals surface area contributed by atoms with Crippen molar-refractivity contribution in [2.75, 3.05) is 6.54 Å². The fourth-order valence-electron chi connectivity index (χ4n) is 3.19. The minimum Gasteiger partial charge on any atom is -0.447 e. The number of carbonyl (C=O) groups excluding carboxylic acids is 1. The maximum atomic E-state index is 14.3. The molecule has 0 aliphatic carbocycles. The SMILES string of the molecule is CC(C)CNC(=O)c1coc(CN(Cc2ccc(F)cc2F)[C@H](C)c2ccccc2)n1. The van der Waals surface area contributed by atoms with E-state index in [2.05, 4.69) is 10.3 Å². The van der Waals surface area contributed by atoms with Crippen molar-refractivity contribution in [1.29, 1.82) is 0 Å². The molecule has 1 amide bonds. The summed E-state index contributed by atoms with van der Waals surface area (Å²) in [5.41, 5.74) is 1.60. The second kappa shape index (κ2) is 10.3. The molecule has 7 heteroatoms. The third-order valence-electron chi connectivity index (χ3n) is 5.01. The highest BCUT2D eigenvalue weighted by Gasteiger charge is 2.21. The van der Waals surface area contributed by atoms with Gasteiger partial charge in [-0.1, -0.05) is 50.2 Å². The topological polar surface area (TPSA) is 58.4 Å². The minimum atomic E-state index is -0.617. The van der Waals surface area contributed by atoms with Crippen LogP contribution in [-0.4, -0.2) is 22.3 Å². The molecule has 0 saturated heterocycles. The van der Waals surface area contributed by atoms with Crippen molar-refractivity contribution in [2.24, 2.45) is 5.92 Å². The minimum absolute atomic E-state index is 0.101. The molecule has 0 saturated carbocycles. The van der Waals surface area contributed by atoms with E-state index in [9.17, 15) is 13.6 Å². The van der Waals surface area contributed by atoms with Gasteiger partial charge >= 0.3 is 0 Å². The fraction of sp³-hybridized carbons (Fsp3) is 0.333. The van der Waals surface area contributed by atoms with E-state index >= 15 is 0 Å². The standard InChI is InChI=1S/C24H27F2N3O2/c1-16(2)12-27-24(30)22-15-31-23(28-22)14-29(17(3)18-7-5-4-6-8-18)13-19-9-10-20(25)11-21(19)26/h4-11,15-17H,12-14H2,1-3H3,(H,27,30)/t17-/m1/s1. The van der Waals surface area contributed by atoms with Crippen molar-refractivity contribution in [3.8, 4) is 0 Å². The molecule has 31 heavy (non-hydrogen) atoms. The van der Waals surface area contributed by atoms with Gasteiger partial charge in [-0.25, -0.2) is 13.8 Å². The number of rotatable bonds is 9. The Morgan fingerprint density at radius 1 is 1.10 bits per heavy atom. The van der Waals surface area contributed by atoms with Gasteiger partial charge in [-0.3, -0.25) is 9.69 Å². The first kappa shape index (κ1) is 22.6. The van der Waals surface area contributed by atoms with Crippen LogP contribution in [-0.2, 0) is 13.1 Å². The van der Waals surface area contributed by atoms with Crippen molar-refractivity contribution < 1.29 is 18.0 Å². The molecule has 0 spiro atoms. The zero-order valence-electron chi connectivity index (χ0n) is 17.9. The van der Waals surface area contributed by atoms with Gasteiger partial charge in [0.1, 0.15) is 17.9 Å². The van der Waals surface area contributed by atoms with Gasteiger partial charge in [0.2, 0.25) is 5.89 Å². The van der Waals surface area contributed by atoms with Crippen LogP contribution >= 0.6 is 0 Å². The Kier molecular flexibility index (Phi) is 7.52. The number of amides is 1. The van der Waals surface area contributed by atoms with Crippen LogP contribution in [0.2, 0.25) is 0 Å². The Morgan fingerprint density at radius 3 is 2.52 bits per heavy atom. The Bertz CT molecular complexity index is 1010. The average molecular weight is 427 g/mol. The molecule has 3 aromatic rings. The van der Waals surface area contributed by atoms with Gasteiger partial charge in [0.25, 0.3) is 5.91 Å². The lowest BCUT2D eigenvalue weighted by Gasteiger charge is -2.28. The third-order valence-corrected chi connectivity index (χ3v) is 5.01. The van der Waals surface area contributed by atoms with E-state index < -0.39 is 11.6 Å². The first-order valence-corrected chi connectivity index (χ1v) is 10.3. The second-order valence-corrected chi connectivity index (χ2v) is 7.96. The van der Waals surface area contributed by atoms with Crippen LogP contribution in [0.15, 0.2) is 59.2 Å². The van der Waals surface area contributed by atoms with Gasteiger partial charge in [-0.2, -0.15) is 0 Å². The lowest BCUT2D eigenvalue weighted by atomic mass is 10.1. The molecule has 1 heterocycles. The molecule has 0 fully saturated rings. The zero-order chi connectivity index (χ0) is 22.4. The molecule has 2 aromatic carbocycles. The number of hydrogen-bond acceptors (Lipinski definition) is 4. The highest BCUT2D eigenvalue weighted by Crippen LogP contribution is 2.25. The molecule has 1 N–H and O–H groups in total. The summed E-state index contributed by atoms with van der Waals surface area (Å²) >= 11 is 0. The number of halogens is 2. The summed E-state index contributed by atoms with van der Waals surface area (Å²) in [6.45, 7) is 7.03. The summed E-state index contributed by atoms with van der Waals surface area (Å²) in [5, 5.41) is 2.81. The van der Waals surface area contributed by atoms with Crippen LogP contribution in [0.3, 0.4) is 0 Å². The Morgan fingerprint density at radius 2 is 1.84 bits per heavy atom. The molecule has 5 nitrogen and oxygen atoms in total. The number of benzene rings is 2. The monoisotopic (exact) mass is 427 g/mol. The van der Waals surface area contributed by atoms with Gasteiger partial charge in [-0.15, -0.1) is 0 Å². The highest BCUT2D eigenvalue weighted by atomic mass is 19.1. The van der Waals surface area contributed by atoms with Gasteiger partial charge in [0, 0.05) is 30.8 Å². The number of hydrogen-bond donors (Lipinski definition) is 1. The molecule has 0 bridgehead atoms. The summed E-state index contributed by atoms with van der Waals surface area (Å²) in [4.78, 5) is 18.5. The molecule has 1 atom stereocenters. The zero-order valence-corrected chi connectivity index (χ0v) is 17.9. The summed E-state index contributed by atoms with van der Waals surface area (Å²) in [5.74, 6) is -0.848. The number of oxazole rings is 1. The largest absolute Gasteiger partial charge is 0.447 e. The molecule has 0 unspecified atom stereocenters. The maximum absolute atomic E-state index is 14.3. The first-order valence-electron chi connectivity index (χ1n) is 10.3. The number of aromatic nitrogens is 1. The Hall–Kier alpha value is -3.06. The predicted molar refractivity (Wildman–Crippen MR) is 114 cm³/mol. The van der Waals surface area contributed by atoms with Crippen LogP contribution in [0.4, 0.5) is 8.78 Å². The molecule has 0 aliphatic rings. The van der Waals surface area contributed by atoms with Crippen LogP contribution < -0.4 is 5.32 Å². The second-order valence-electron chi connectivity index (χ2n) is 7.96. The first-order chi connectivity index (χ1) is 14.8. The van der Waals surface area contributed by atoms with E-state index in [1.54, 1.807) is 0 Å². The Balaban J connectivity index is 1.80.